The molecule has 1 aromatic heterocycles. The Morgan fingerprint density at radius 3 is 2.72 bits per heavy atom. The summed E-state index contributed by atoms with van der Waals surface area (Å²) >= 11 is 0. The summed E-state index contributed by atoms with van der Waals surface area (Å²) in [6.07, 6.45) is 2.47. The lowest BCUT2D eigenvalue weighted by Crippen LogP contribution is -2.53. The first-order valence-corrected chi connectivity index (χ1v) is 12.1. The third-order valence-electron chi connectivity index (χ3n) is 6.88. The Kier molecular flexibility index (Phi) is 6.64. The number of quaternary nitrogens is 1. The van der Waals surface area contributed by atoms with Crippen LogP contribution in [0.25, 0.3) is 0 Å². The number of nitrogens with one attached hydrogen (secondary N) is 1. The predicted octanol–water partition coefficient (Wildman–Crippen LogP) is 3.97. The Bertz CT molecular complexity index is 1480. The molecular weight excluding hydrogens is 518 g/mol. The number of rotatable bonds is 4. The molecule has 13 heteroatoms. The van der Waals surface area contributed by atoms with E-state index in [2.05, 4.69) is 15.3 Å². The number of nitrogens with two attached hydrogens (primary N) is 1. The molecule has 202 valence electrons. The van der Waals surface area contributed by atoms with Gasteiger partial charge in [0.2, 0.25) is 11.6 Å². The van der Waals surface area contributed by atoms with Crippen LogP contribution in [0.15, 0.2) is 70.3 Å². The van der Waals surface area contributed by atoms with Gasteiger partial charge in [0.15, 0.2) is 0 Å². The molecule has 9 nitrogen and oxygen atoms in total. The molecule has 0 aliphatic carbocycles. The Labute approximate surface area is 220 Å². The van der Waals surface area contributed by atoms with Gasteiger partial charge in [-0.2, -0.15) is 24.0 Å². The summed E-state index contributed by atoms with van der Waals surface area (Å²) in [5.74, 6) is 4.74. The molecule has 3 aliphatic heterocycles. The van der Waals surface area contributed by atoms with Crippen molar-refractivity contribution in [3.8, 4) is 0 Å². The zero-order valence-corrected chi connectivity index (χ0v) is 20.7. The third kappa shape index (κ3) is 4.98. The first-order chi connectivity index (χ1) is 18.5. The molecule has 2 aromatic rings. The van der Waals surface area contributed by atoms with Crippen LogP contribution in [0.4, 0.5) is 23.4 Å². The minimum Gasteiger partial charge on any atom is -0.342 e. The standard InChI is InChI=1S/C26H23F4N7O2/c1-15(38)36-9-2-3-17(14-36)23-21-13-32-8-10-37(21,31)24(35-23)19-5-4-16(11-20(19)27)25(39)34-22-12-18(6-7-33-22)26(28,29)30/h4-8,10-13,17H,2-3,9,14,31H2,1H3/p+1/t17-,37?/m1/s1. The van der Waals surface area contributed by atoms with E-state index in [4.69, 9.17) is 10.8 Å². The van der Waals surface area contributed by atoms with Crippen LogP contribution in [-0.2, 0) is 11.0 Å². The fourth-order valence-corrected chi connectivity index (χ4v) is 4.88. The lowest BCUT2D eigenvalue weighted by atomic mass is 9.93. The summed E-state index contributed by atoms with van der Waals surface area (Å²) < 4.78 is 54.0. The van der Waals surface area contributed by atoms with Crippen molar-refractivity contribution in [2.45, 2.75) is 25.9 Å². The highest BCUT2D eigenvalue weighted by atomic mass is 19.4. The number of carbonyl (C=O) groups excluding carboxylic acids is 2. The molecule has 2 amide bonds. The Balaban J connectivity index is 1.43. The van der Waals surface area contributed by atoms with Gasteiger partial charge in [-0.05, 0) is 43.2 Å². The summed E-state index contributed by atoms with van der Waals surface area (Å²) in [6, 6.07) is 5.10. The van der Waals surface area contributed by atoms with Crippen LogP contribution in [-0.4, -0.2) is 51.4 Å². The smallest absolute Gasteiger partial charge is 0.342 e. The number of allylic oxidation sites excluding steroid dienone is 1. The first-order valence-electron chi connectivity index (χ1n) is 12.1. The van der Waals surface area contributed by atoms with Crippen molar-refractivity contribution in [2.24, 2.45) is 21.7 Å². The molecule has 5 rings (SSSR count). The summed E-state index contributed by atoms with van der Waals surface area (Å²) in [7, 11) is 0. The van der Waals surface area contributed by atoms with Crippen LogP contribution < -0.4 is 11.2 Å². The topological polar surface area (TPSA) is 113 Å². The molecule has 1 aromatic carbocycles. The molecule has 0 radical (unpaired) electrons. The monoisotopic (exact) mass is 542 g/mol. The van der Waals surface area contributed by atoms with E-state index in [9.17, 15) is 22.8 Å². The van der Waals surface area contributed by atoms with Gasteiger partial charge in [0.05, 0.1) is 23.5 Å². The number of hydrogen-bond donors (Lipinski definition) is 2. The maximum absolute atomic E-state index is 15.5. The SMILES string of the molecule is CC(=O)N1CCC[C@@H](C2=C3C=NC=C[N+]3(N)C(c3ccc(C(=O)Nc4cc(C(F)(F)F)ccn4)cc3F)=N2)C1. The van der Waals surface area contributed by atoms with Gasteiger partial charge in [-0.15, -0.1) is 4.59 Å². The van der Waals surface area contributed by atoms with E-state index in [1.807, 2.05) is 0 Å². The van der Waals surface area contributed by atoms with Crippen LogP contribution in [0.3, 0.4) is 0 Å². The van der Waals surface area contributed by atoms with Crippen LogP contribution in [0, 0.1) is 11.7 Å². The van der Waals surface area contributed by atoms with Crippen molar-refractivity contribution in [1.29, 1.82) is 0 Å². The molecule has 2 atom stereocenters. The second kappa shape index (κ2) is 9.82. The number of pyridine rings is 1. The maximum Gasteiger partial charge on any atom is 0.416 e. The largest absolute Gasteiger partial charge is 0.416 e. The number of aliphatic imine (C=N–C) groups is 2. The van der Waals surface area contributed by atoms with Crippen LogP contribution in [0.5, 0.6) is 0 Å². The molecule has 1 fully saturated rings. The normalized spacial score (nSPS) is 22.6. The van der Waals surface area contributed by atoms with E-state index >= 15 is 4.39 Å². The number of carbonyl (C=O) groups is 2. The van der Waals surface area contributed by atoms with Crippen molar-refractivity contribution >= 4 is 29.7 Å². The van der Waals surface area contributed by atoms with Gasteiger partial charge in [-0.3, -0.25) is 14.6 Å². The molecule has 1 unspecified atom stereocenters. The minimum atomic E-state index is -4.61. The zero-order chi connectivity index (χ0) is 27.9. The Hall–Kier alpha value is -4.23. The van der Waals surface area contributed by atoms with E-state index in [0.717, 1.165) is 31.2 Å². The van der Waals surface area contributed by atoms with Gasteiger partial charge in [-0.25, -0.2) is 9.37 Å². The van der Waals surface area contributed by atoms with Gasteiger partial charge >= 0.3 is 6.18 Å². The van der Waals surface area contributed by atoms with Crippen LogP contribution in [0.2, 0.25) is 0 Å². The molecule has 1 saturated heterocycles. The average molecular weight is 543 g/mol. The molecule has 0 spiro atoms. The number of halogens is 4. The van der Waals surface area contributed by atoms with Gasteiger partial charge in [0.1, 0.15) is 23.5 Å². The van der Waals surface area contributed by atoms with E-state index in [1.54, 1.807) is 17.3 Å². The number of amides is 2. The second-order valence-corrected chi connectivity index (χ2v) is 9.44. The molecule has 4 heterocycles. The number of hydrogen-bond acceptors (Lipinski definition) is 6. The van der Waals surface area contributed by atoms with Crippen molar-refractivity contribution < 1.29 is 31.7 Å². The molecule has 39 heavy (non-hydrogen) atoms. The summed E-state index contributed by atoms with van der Waals surface area (Å²) in [6.45, 7) is 2.61. The number of likely N-dealkylation sites (tertiary alicyclic amines) is 1. The Morgan fingerprint density at radius 1 is 1.21 bits per heavy atom. The van der Waals surface area contributed by atoms with Crippen molar-refractivity contribution in [2.75, 3.05) is 18.4 Å². The van der Waals surface area contributed by atoms with E-state index in [-0.39, 0.29) is 34.6 Å². The van der Waals surface area contributed by atoms with Gasteiger partial charge in [0.25, 0.3) is 11.7 Å². The number of anilines is 1. The molecular formula is C26H24F4N7O2+. The first kappa shape index (κ1) is 26.4. The maximum atomic E-state index is 15.5. The van der Waals surface area contributed by atoms with Crippen molar-refractivity contribution in [3.05, 3.63) is 82.8 Å². The van der Waals surface area contributed by atoms with E-state index in [0.29, 0.717) is 30.5 Å². The zero-order valence-electron chi connectivity index (χ0n) is 20.7. The lowest BCUT2D eigenvalue weighted by molar-refractivity contribution is -0.750. The highest BCUT2D eigenvalue weighted by Gasteiger charge is 2.47. The number of piperidine rings is 1. The number of aromatic nitrogens is 1. The Morgan fingerprint density at radius 2 is 2.00 bits per heavy atom. The van der Waals surface area contributed by atoms with Gasteiger partial charge in [-0.1, -0.05) is 0 Å². The number of amidine groups is 1. The average Bonchev–Trinajstić information content (AvgIpc) is 3.21. The number of fused-ring (bicyclic) bond motifs is 1. The fourth-order valence-electron chi connectivity index (χ4n) is 4.88. The van der Waals surface area contributed by atoms with E-state index < -0.39 is 28.1 Å². The van der Waals surface area contributed by atoms with Crippen LogP contribution >= 0.6 is 0 Å². The molecule has 0 bridgehead atoms. The summed E-state index contributed by atoms with van der Waals surface area (Å²) in [5.41, 5.74) is 0.0967. The summed E-state index contributed by atoms with van der Waals surface area (Å²) in [4.78, 5) is 39.0. The minimum absolute atomic E-state index is 0.0397. The van der Waals surface area contributed by atoms with Crippen molar-refractivity contribution in [1.82, 2.24) is 9.88 Å². The van der Waals surface area contributed by atoms with Gasteiger partial charge in [0, 0.05) is 37.7 Å². The fraction of sp³-hybridized carbons (Fsp3) is 0.269. The highest BCUT2D eigenvalue weighted by molar-refractivity contribution is 6.05. The molecule has 3 aliphatic rings. The lowest BCUT2D eigenvalue weighted by Gasteiger charge is -2.32. The number of nitrogens with zero attached hydrogens (tertiary/aromatic N) is 5. The third-order valence-corrected chi connectivity index (χ3v) is 6.88. The quantitative estimate of drug-likeness (QED) is 0.346. The number of alkyl halides is 3. The predicted molar refractivity (Wildman–Crippen MR) is 134 cm³/mol. The summed E-state index contributed by atoms with van der Waals surface area (Å²) in [5, 5.41) is 2.26. The second-order valence-electron chi connectivity index (χ2n) is 9.44. The highest BCUT2D eigenvalue weighted by Crippen LogP contribution is 2.38. The molecule has 0 saturated carbocycles. The van der Waals surface area contributed by atoms with Crippen LogP contribution in [0.1, 0.15) is 41.3 Å². The van der Waals surface area contributed by atoms with E-state index in [1.165, 1.54) is 25.3 Å². The molecule has 3 N–H and O–H groups in total. The number of benzene rings is 1. The van der Waals surface area contributed by atoms with Crippen molar-refractivity contribution in [3.63, 3.8) is 0 Å². The van der Waals surface area contributed by atoms with Gasteiger partial charge < -0.3 is 10.2 Å².